The van der Waals surface area contributed by atoms with Gasteiger partial charge in [0.05, 0.1) is 6.04 Å². The summed E-state index contributed by atoms with van der Waals surface area (Å²) in [6.45, 7) is 9.86. The van der Waals surface area contributed by atoms with E-state index in [2.05, 4.69) is 5.32 Å². The number of hydrogen-bond acceptors (Lipinski definition) is 4. The molecule has 1 saturated heterocycles. The molecule has 2 N–H and O–H groups in total. The number of ether oxygens (including phenoxy) is 1. The molecular formula is C15H27N3O3. The van der Waals surface area contributed by atoms with Crippen LogP contribution in [-0.4, -0.2) is 47.3 Å². The molecule has 120 valence electrons. The van der Waals surface area contributed by atoms with Crippen molar-refractivity contribution in [3.63, 3.8) is 0 Å². The maximum Gasteiger partial charge on any atom is 0.410 e. The lowest BCUT2D eigenvalue weighted by molar-refractivity contribution is -0.125. The monoisotopic (exact) mass is 297 g/mol. The molecule has 0 spiro atoms. The van der Waals surface area contributed by atoms with Gasteiger partial charge >= 0.3 is 6.09 Å². The molecule has 6 nitrogen and oxygen atoms in total. The highest BCUT2D eigenvalue weighted by molar-refractivity contribution is 5.88. The number of nitrogens with zero attached hydrogens (tertiary/aromatic N) is 1. The van der Waals surface area contributed by atoms with Crippen molar-refractivity contribution in [3.8, 4) is 0 Å². The maximum atomic E-state index is 12.3. The molecule has 0 bridgehead atoms. The third kappa shape index (κ3) is 5.02. The van der Waals surface area contributed by atoms with Gasteiger partial charge in [0.25, 0.3) is 0 Å². The summed E-state index contributed by atoms with van der Waals surface area (Å²) in [7, 11) is 0. The van der Waals surface area contributed by atoms with Crippen molar-refractivity contribution in [3.05, 3.63) is 0 Å². The molecule has 2 amide bonds. The molecule has 0 aromatic heterocycles. The van der Waals surface area contributed by atoms with Crippen LogP contribution in [0.2, 0.25) is 0 Å². The molecular weight excluding hydrogens is 270 g/mol. The van der Waals surface area contributed by atoms with Crippen molar-refractivity contribution < 1.29 is 14.3 Å². The van der Waals surface area contributed by atoms with Gasteiger partial charge in [-0.3, -0.25) is 9.69 Å². The van der Waals surface area contributed by atoms with Crippen molar-refractivity contribution in [2.75, 3.05) is 6.54 Å². The van der Waals surface area contributed by atoms with Gasteiger partial charge in [-0.2, -0.15) is 0 Å². The Bertz CT molecular complexity index is 403. The average Bonchev–Trinajstić information content (AvgIpc) is 2.76. The zero-order valence-corrected chi connectivity index (χ0v) is 13.6. The fraction of sp³-hybridized carbons (Fsp3) is 0.800. The third-order valence-corrected chi connectivity index (χ3v) is 3.41. The highest BCUT2D eigenvalue weighted by Gasteiger charge is 2.40. The van der Waals surface area contributed by atoms with Crippen LogP contribution in [0.4, 0.5) is 4.79 Å². The predicted octanol–water partition coefficient (Wildman–Crippen LogP) is 2.18. The second kappa shape index (κ2) is 6.91. The minimum absolute atomic E-state index is 0.208. The summed E-state index contributed by atoms with van der Waals surface area (Å²) < 4.78 is 5.37. The zero-order valence-electron chi connectivity index (χ0n) is 13.6. The SMILES string of the molecule is CC[C@@H](C=N)NC(=O)[C@@H]1C[C@@H](C)CN1C(=O)OC(C)(C)C. The molecule has 0 aromatic rings. The fourth-order valence-corrected chi connectivity index (χ4v) is 2.36. The Morgan fingerprint density at radius 1 is 1.48 bits per heavy atom. The molecule has 1 rings (SSSR count). The fourth-order valence-electron chi connectivity index (χ4n) is 2.36. The standard InChI is InChI=1S/C15H27N3O3/c1-6-11(8-16)17-13(19)12-7-10(2)9-18(12)14(20)21-15(3,4)5/h8,10-12,16H,6-7,9H2,1-5H3,(H,17,19)/t10-,11+,12+/m1/s1. The average molecular weight is 297 g/mol. The van der Waals surface area contributed by atoms with E-state index in [-0.39, 0.29) is 17.9 Å². The van der Waals surface area contributed by atoms with Crippen LogP contribution in [0, 0.1) is 11.3 Å². The smallest absolute Gasteiger partial charge is 0.410 e. The van der Waals surface area contributed by atoms with Crippen LogP contribution in [-0.2, 0) is 9.53 Å². The van der Waals surface area contributed by atoms with Gasteiger partial charge in [-0.05, 0) is 39.5 Å². The van der Waals surface area contributed by atoms with Crippen LogP contribution in [0.3, 0.4) is 0 Å². The Labute approximate surface area is 126 Å². The molecule has 0 radical (unpaired) electrons. The van der Waals surface area contributed by atoms with Crippen LogP contribution < -0.4 is 5.32 Å². The van der Waals surface area contributed by atoms with Gasteiger partial charge in [0.1, 0.15) is 11.6 Å². The minimum atomic E-state index is -0.579. The molecule has 1 fully saturated rings. The number of likely N-dealkylation sites (tertiary alicyclic amines) is 1. The van der Waals surface area contributed by atoms with Gasteiger partial charge in [-0.1, -0.05) is 13.8 Å². The molecule has 3 atom stereocenters. The summed E-state index contributed by atoms with van der Waals surface area (Å²) in [6.07, 6.45) is 2.05. The number of nitrogens with one attached hydrogen (secondary N) is 2. The maximum absolute atomic E-state index is 12.3. The van der Waals surface area contributed by atoms with Crippen LogP contribution in [0.25, 0.3) is 0 Å². The summed E-state index contributed by atoms with van der Waals surface area (Å²) in [6, 6.07) is -0.794. The van der Waals surface area contributed by atoms with E-state index in [4.69, 9.17) is 10.1 Å². The first-order valence-electron chi connectivity index (χ1n) is 7.48. The Balaban J connectivity index is 2.76. The Morgan fingerprint density at radius 3 is 2.57 bits per heavy atom. The van der Waals surface area contributed by atoms with E-state index in [1.54, 1.807) is 0 Å². The second-order valence-electron chi connectivity index (χ2n) is 6.68. The topological polar surface area (TPSA) is 82.5 Å². The summed E-state index contributed by atoms with van der Waals surface area (Å²) in [5.74, 6) is 0.0499. The zero-order chi connectivity index (χ0) is 16.2. The first kappa shape index (κ1) is 17.5. The summed E-state index contributed by atoms with van der Waals surface area (Å²) >= 11 is 0. The molecule has 1 aliphatic heterocycles. The summed E-state index contributed by atoms with van der Waals surface area (Å²) in [4.78, 5) is 26.1. The van der Waals surface area contributed by atoms with Gasteiger partial charge in [-0.25, -0.2) is 4.79 Å². The van der Waals surface area contributed by atoms with Gasteiger partial charge in [0.2, 0.25) is 5.91 Å². The van der Waals surface area contributed by atoms with Crippen molar-refractivity contribution in [1.29, 1.82) is 5.41 Å². The second-order valence-corrected chi connectivity index (χ2v) is 6.68. The Morgan fingerprint density at radius 2 is 2.10 bits per heavy atom. The number of rotatable bonds is 4. The van der Waals surface area contributed by atoms with Crippen LogP contribution >= 0.6 is 0 Å². The van der Waals surface area contributed by atoms with Gasteiger partial charge < -0.3 is 15.5 Å². The molecule has 21 heavy (non-hydrogen) atoms. The molecule has 0 unspecified atom stereocenters. The van der Waals surface area contributed by atoms with Crippen molar-refractivity contribution in [1.82, 2.24) is 10.2 Å². The molecule has 0 aliphatic carbocycles. The predicted molar refractivity (Wildman–Crippen MR) is 81.5 cm³/mol. The number of carbonyl (C=O) groups is 2. The van der Waals surface area contributed by atoms with Crippen LogP contribution in [0.1, 0.15) is 47.5 Å². The highest BCUT2D eigenvalue weighted by Crippen LogP contribution is 2.25. The van der Waals surface area contributed by atoms with Gasteiger partial charge in [0.15, 0.2) is 0 Å². The number of carbonyl (C=O) groups excluding carboxylic acids is 2. The van der Waals surface area contributed by atoms with E-state index >= 15 is 0 Å². The van der Waals surface area contributed by atoms with E-state index in [1.165, 1.54) is 11.1 Å². The van der Waals surface area contributed by atoms with Crippen LogP contribution in [0.5, 0.6) is 0 Å². The lowest BCUT2D eigenvalue weighted by Gasteiger charge is -2.28. The molecule has 1 heterocycles. The van der Waals surface area contributed by atoms with Crippen molar-refractivity contribution in [2.24, 2.45) is 5.92 Å². The first-order chi connectivity index (χ1) is 9.67. The highest BCUT2D eigenvalue weighted by atomic mass is 16.6. The molecule has 0 aromatic carbocycles. The van der Waals surface area contributed by atoms with Crippen molar-refractivity contribution in [2.45, 2.75) is 65.1 Å². The number of hydrogen-bond donors (Lipinski definition) is 2. The lowest BCUT2D eigenvalue weighted by Crippen LogP contribution is -2.50. The van der Waals surface area contributed by atoms with E-state index < -0.39 is 17.7 Å². The molecule has 0 saturated carbocycles. The van der Waals surface area contributed by atoms with E-state index in [9.17, 15) is 9.59 Å². The van der Waals surface area contributed by atoms with Crippen molar-refractivity contribution >= 4 is 18.2 Å². The minimum Gasteiger partial charge on any atom is -0.444 e. The molecule has 1 aliphatic rings. The lowest BCUT2D eigenvalue weighted by atomic mass is 10.1. The van der Waals surface area contributed by atoms with Gasteiger partial charge in [0, 0.05) is 12.8 Å². The third-order valence-electron chi connectivity index (χ3n) is 3.41. The normalized spacial score (nSPS) is 23.6. The summed E-state index contributed by atoms with van der Waals surface area (Å²) in [5, 5.41) is 10.1. The number of amides is 2. The Hall–Kier alpha value is -1.59. The largest absolute Gasteiger partial charge is 0.444 e. The summed E-state index contributed by atoms with van der Waals surface area (Å²) in [5.41, 5.74) is -0.579. The Kier molecular flexibility index (Phi) is 5.75. The van der Waals surface area contributed by atoms with E-state index in [0.29, 0.717) is 19.4 Å². The van der Waals surface area contributed by atoms with E-state index in [0.717, 1.165) is 0 Å². The van der Waals surface area contributed by atoms with E-state index in [1.807, 2.05) is 34.6 Å². The first-order valence-corrected chi connectivity index (χ1v) is 7.48. The quantitative estimate of drug-likeness (QED) is 0.780. The molecule has 6 heteroatoms. The van der Waals surface area contributed by atoms with Crippen LogP contribution in [0.15, 0.2) is 0 Å². The van der Waals surface area contributed by atoms with Gasteiger partial charge in [-0.15, -0.1) is 0 Å².